The first kappa shape index (κ1) is 11.8. The number of alkyl halides is 1. The van der Waals surface area contributed by atoms with Gasteiger partial charge in [-0.05, 0) is 12.0 Å². The summed E-state index contributed by atoms with van der Waals surface area (Å²) in [5, 5.41) is 10.2. The summed E-state index contributed by atoms with van der Waals surface area (Å²) in [5.74, 6) is 0.560. The Labute approximate surface area is 99.5 Å². The molecule has 3 nitrogen and oxygen atoms in total. The van der Waals surface area contributed by atoms with Gasteiger partial charge >= 0.3 is 0 Å². The Morgan fingerprint density at radius 1 is 1.29 bits per heavy atom. The van der Waals surface area contributed by atoms with Gasteiger partial charge in [0.15, 0.2) is 0 Å². The molecule has 1 N–H and O–H groups in total. The molecule has 0 aliphatic heterocycles. The van der Waals surface area contributed by atoms with Crippen molar-refractivity contribution in [2.45, 2.75) is 19.1 Å². The zero-order valence-corrected chi connectivity index (χ0v) is 9.46. The van der Waals surface area contributed by atoms with E-state index in [0.717, 1.165) is 5.56 Å². The largest absolute Gasteiger partial charge is 0.380 e. The van der Waals surface area contributed by atoms with Crippen LogP contribution < -0.4 is 0 Å². The molecule has 0 spiro atoms. The van der Waals surface area contributed by atoms with Crippen LogP contribution in [0.15, 0.2) is 42.7 Å². The maximum atomic E-state index is 12.1. The predicted octanol–water partition coefficient (Wildman–Crippen LogP) is 2.32. The first-order valence-electron chi connectivity index (χ1n) is 5.63. The van der Waals surface area contributed by atoms with Crippen LogP contribution in [-0.2, 0) is 6.54 Å². The highest BCUT2D eigenvalue weighted by atomic mass is 19.1. The lowest BCUT2D eigenvalue weighted by Crippen LogP contribution is -2.10. The SMILES string of the molecule is O[C@@H](c1ccccc1)c1nccn1CCCF. The highest BCUT2D eigenvalue weighted by Gasteiger charge is 2.15. The molecule has 4 heteroatoms. The molecule has 1 atom stereocenters. The van der Waals surface area contributed by atoms with Crippen molar-refractivity contribution in [3.05, 3.63) is 54.1 Å². The first-order valence-corrected chi connectivity index (χ1v) is 5.63. The molecule has 2 aromatic rings. The monoisotopic (exact) mass is 234 g/mol. The molecule has 17 heavy (non-hydrogen) atoms. The standard InChI is InChI=1S/C13H15FN2O/c14-7-4-9-16-10-8-15-13(16)12(17)11-5-2-1-3-6-11/h1-3,5-6,8,10,12,17H,4,7,9H2/t12-/m0/s1. The van der Waals surface area contributed by atoms with Crippen LogP contribution in [0, 0.1) is 0 Å². The van der Waals surface area contributed by atoms with Crippen molar-refractivity contribution < 1.29 is 9.50 Å². The number of aliphatic hydroxyl groups is 1. The fraction of sp³-hybridized carbons (Fsp3) is 0.308. The van der Waals surface area contributed by atoms with Crippen LogP contribution in [0.25, 0.3) is 0 Å². The third-order valence-corrected chi connectivity index (χ3v) is 2.64. The number of imidazole rings is 1. The summed E-state index contributed by atoms with van der Waals surface area (Å²) in [6.07, 6.45) is 3.06. The summed E-state index contributed by atoms with van der Waals surface area (Å²) < 4.78 is 13.9. The van der Waals surface area contributed by atoms with Crippen molar-refractivity contribution in [2.24, 2.45) is 0 Å². The van der Waals surface area contributed by atoms with Crippen molar-refractivity contribution in [3.63, 3.8) is 0 Å². The Kier molecular flexibility index (Phi) is 3.88. The lowest BCUT2D eigenvalue weighted by Gasteiger charge is -2.13. The summed E-state index contributed by atoms with van der Waals surface area (Å²) in [4.78, 5) is 4.14. The zero-order chi connectivity index (χ0) is 12.1. The van der Waals surface area contributed by atoms with Crippen molar-refractivity contribution >= 4 is 0 Å². The fourth-order valence-corrected chi connectivity index (χ4v) is 1.77. The number of nitrogens with zero attached hydrogens (tertiary/aromatic N) is 2. The maximum absolute atomic E-state index is 12.1. The van der Waals surface area contributed by atoms with Crippen LogP contribution in [0.5, 0.6) is 0 Å². The van der Waals surface area contributed by atoms with Gasteiger partial charge in [-0.15, -0.1) is 0 Å². The minimum atomic E-state index is -0.759. The van der Waals surface area contributed by atoms with Gasteiger partial charge in [0.25, 0.3) is 0 Å². The molecule has 0 fully saturated rings. The van der Waals surface area contributed by atoms with E-state index in [0.29, 0.717) is 18.8 Å². The van der Waals surface area contributed by atoms with E-state index in [4.69, 9.17) is 0 Å². The Hall–Kier alpha value is -1.68. The maximum Gasteiger partial charge on any atom is 0.142 e. The van der Waals surface area contributed by atoms with E-state index in [-0.39, 0.29) is 6.67 Å². The Bertz CT molecular complexity index is 455. The number of aryl methyl sites for hydroxylation is 1. The normalized spacial score (nSPS) is 12.6. The zero-order valence-electron chi connectivity index (χ0n) is 9.46. The quantitative estimate of drug-likeness (QED) is 0.862. The van der Waals surface area contributed by atoms with Crippen LogP contribution in [0.2, 0.25) is 0 Å². The number of benzene rings is 1. The number of aliphatic hydroxyl groups excluding tert-OH is 1. The van der Waals surface area contributed by atoms with Crippen LogP contribution in [0.3, 0.4) is 0 Å². The second-order valence-electron chi connectivity index (χ2n) is 3.83. The molecule has 0 unspecified atom stereocenters. The van der Waals surface area contributed by atoms with E-state index < -0.39 is 6.10 Å². The molecule has 0 radical (unpaired) electrons. The van der Waals surface area contributed by atoms with Crippen molar-refractivity contribution in [1.29, 1.82) is 0 Å². The predicted molar refractivity (Wildman–Crippen MR) is 63.3 cm³/mol. The number of hydrogen-bond acceptors (Lipinski definition) is 2. The molecule has 0 amide bonds. The highest BCUT2D eigenvalue weighted by Crippen LogP contribution is 2.20. The van der Waals surface area contributed by atoms with E-state index in [2.05, 4.69) is 4.98 Å². The fourth-order valence-electron chi connectivity index (χ4n) is 1.77. The van der Waals surface area contributed by atoms with Gasteiger partial charge in [0, 0.05) is 18.9 Å². The summed E-state index contributed by atoms with van der Waals surface area (Å²) in [6, 6.07) is 9.32. The molecule has 0 bridgehead atoms. The first-order chi connectivity index (χ1) is 8.33. The van der Waals surface area contributed by atoms with Gasteiger partial charge in [0.2, 0.25) is 0 Å². The van der Waals surface area contributed by atoms with Gasteiger partial charge in [-0.2, -0.15) is 0 Å². The highest BCUT2D eigenvalue weighted by molar-refractivity contribution is 5.22. The van der Waals surface area contributed by atoms with E-state index >= 15 is 0 Å². The number of rotatable bonds is 5. The average molecular weight is 234 g/mol. The third kappa shape index (κ3) is 2.71. The Morgan fingerprint density at radius 3 is 2.76 bits per heavy atom. The molecule has 0 saturated heterocycles. The van der Waals surface area contributed by atoms with Crippen molar-refractivity contribution in [2.75, 3.05) is 6.67 Å². The van der Waals surface area contributed by atoms with Crippen LogP contribution in [0.1, 0.15) is 23.9 Å². The molecule has 0 aliphatic rings. The minimum absolute atomic E-state index is 0.362. The van der Waals surface area contributed by atoms with Crippen LogP contribution >= 0.6 is 0 Å². The molecular weight excluding hydrogens is 219 g/mol. The summed E-state index contributed by atoms with van der Waals surface area (Å²) in [7, 11) is 0. The number of hydrogen-bond donors (Lipinski definition) is 1. The average Bonchev–Trinajstić information content (AvgIpc) is 2.84. The van der Waals surface area contributed by atoms with Crippen molar-refractivity contribution in [1.82, 2.24) is 9.55 Å². The van der Waals surface area contributed by atoms with Gasteiger partial charge in [0.1, 0.15) is 11.9 Å². The topological polar surface area (TPSA) is 38.1 Å². The lowest BCUT2D eigenvalue weighted by molar-refractivity contribution is 0.203. The molecule has 1 aromatic heterocycles. The number of halogens is 1. The van der Waals surface area contributed by atoms with Crippen LogP contribution in [0.4, 0.5) is 4.39 Å². The molecule has 1 heterocycles. The Morgan fingerprint density at radius 2 is 2.06 bits per heavy atom. The smallest absolute Gasteiger partial charge is 0.142 e. The molecule has 2 rings (SSSR count). The van der Waals surface area contributed by atoms with Gasteiger partial charge in [0.05, 0.1) is 6.67 Å². The number of aromatic nitrogens is 2. The van der Waals surface area contributed by atoms with E-state index in [1.165, 1.54) is 0 Å². The second kappa shape index (κ2) is 5.59. The molecule has 90 valence electrons. The summed E-state index contributed by atoms with van der Waals surface area (Å²) >= 11 is 0. The van der Waals surface area contributed by atoms with Crippen LogP contribution in [-0.4, -0.2) is 21.3 Å². The molecule has 0 aliphatic carbocycles. The van der Waals surface area contributed by atoms with E-state index in [1.54, 1.807) is 17.0 Å². The molecular formula is C13H15FN2O. The van der Waals surface area contributed by atoms with E-state index in [9.17, 15) is 9.50 Å². The Balaban J connectivity index is 2.19. The summed E-state index contributed by atoms with van der Waals surface area (Å²) in [6.45, 7) is 0.175. The third-order valence-electron chi connectivity index (χ3n) is 2.64. The second-order valence-corrected chi connectivity index (χ2v) is 3.83. The van der Waals surface area contributed by atoms with Crippen molar-refractivity contribution in [3.8, 4) is 0 Å². The molecule has 1 aromatic carbocycles. The molecule has 0 saturated carbocycles. The lowest BCUT2D eigenvalue weighted by atomic mass is 10.1. The van der Waals surface area contributed by atoms with Gasteiger partial charge < -0.3 is 9.67 Å². The van der Waals surface area contributed by atoms with Gasteiger partial charge in [-0.1, -0.05) is 30.3 Å². The van der Waals surface area contributed by atoms with Gasteiger partial charge in [-0.3, -0.25) is 4.39 Å². The van der Waals surface area contributed by atoms with Gasteiger partial charge in [-0.25, -0.2) is 4.98 Å². The van der Waals surface area contributed by atoms with E-state index in [1.807, 2.05) is 30.3 Å². The minimum Gasteiger partial charge on any atom is -0.380 e. The summed E-state index contributed by atoms with van der Waals surface area (Å²) in [5.41, 5.74) is 0.792.